The fourth-order valence-electron chi connectivity index (χ4n) is 3.99. The van der Waals surface area contributed by atoms with Crippen molar-refractivity contribution < 1.29 is 22.7 Å². The number of primary amides is 1. The van der Waals surface area contributed by atoms with Crippen LogP contribution < -0.4 is 5.73 Å². The summed E-state index contributed by atoms with van der Waals surface area (Å²) in [5.74, 6) is -1.75. The van der Waals surface area contributed by atoms with E-state index in [0.717, 1.165) is 54.3 Å². The van der Waals surface area contributed by atoms with E-state index in [1.807, 2.05) is 25.1 Å². The molecule has 6 nitrogen and oxygen atoms in total. The molecule has 0 atom stereocenters. The van der Waals surface area contributed by atoms with Crippen LogP contribution in [0.15, 0.2) is 24.4 Å². The van der Waals surface area contributed by atoms with Crippen molar-refractivity contribution in [2.75, 3.05) is 13.2 Å². The average molecular weight is 418 g/mol. The number of aromatic nitrogens is 3. The number of carbonyl (C=O) groups excluding carboxylic acids is 1. The first kappa shape index (κ1) is 20.3. The van der Waals surface area contributed by atoms with Crippen LogP contribution >= 0.6 is 0 Å². The maximum atomic E-state index is 13.0. The first-order valence-corrected chi connectivity index (χ1v) is 9.66. The number of ether oxygens (including phenoxy) is 1. The summed E-state index contributed by atoms with van der Waals surface area (Å²) in [6.07, 6.45) is -1.92. The second kappa shape index (κ2) is 7.71. The summed E-state index contributed by atoms with van der Waals surface area (Å²) in [4.78, 5) is 22.0. The summed E-state index contributed by atoms with van der Waals surface area (Å²) in [6.45, 7) is 3.50. The maximum absolute atomic E-state index is 13.0. The molecule has 9 heteroatoms. The standard InChI is InChI=1S/C21H21F3N4O2/c1-11-14-8-12(2-3-16(14)27-18(11)13-4-6-30-7-5-13)9-17-15(19(25)29)10-26-20(28-17)21(22,23)24/h2-3,8,10,13,27H,4-7,9H2,1H3,(H2,25,29). The third kappa shape index (κ3) is 3.89. The fraction of sp³-hybridized carbons (Fsp3) is 0.381. The Morgan fingerprint density at radius 2 is 2.03 bits per heavy atom. The van der Waals surface area contributed by atoms with Gasteiger partial charge in [0.2, 0.25) is 5.82 Å². The van der Waals surface area contributed by atoms with Crippen LogP contribution in [0.2, 0.25) is 0 Å². The molecule has 1 aromatic carbocycles. The van der Waals surface area contributed by atoms with Crippen molar-refractivity contribution in [1.29, 1.82) is 0 Å². The Morgan fingerprint density at radius 1 is 1.30 bits per heavy atom. The minimum absolute atomic E-state index is 0.0387. The molecule has 2 aromatic heterocycles. The first-order valence-electron chi connectivity index (χ1n) is 9.66. The van der Waals surface area contributed by atoms with Crippen LogP contribution in [0.4, 0.5) is 13.2 Å². The molecule has 158 valence electrons. The molecule has 1 aliphatic heterocycles. The van der Waals surface area contributed by atoms with E-state index in [1.54, 1.807) is 0 Å². The van der Waals surface area contributed by atoms with Crippen LogP contribution in [0.25, 0.3) is 10.9 Å². The highest BCUT2D eigenvalue weighted by Crippen LogP contribution is 2.33. The van der Waals surface area contributed by atoms with Crippen molar-refractivity contribution in [3.05, 3.63) is 58.3 Å². The Balaban J connectivity index is 1.70. The normalized spacial score (nSPS) is 15.6. The summed E-state index contributed by atoms with van der Waals surface area (Å²) in [7, 11) is 0. The molecule has 3 heterocycles. The van der Waals surface area contributed by atoms with Crippen molar-refractivity contribution in [3.8, 4) is 0 Å². The molecule has 0 unspecified atom stereocenters. The van der Waals surface area contributed by atoms with E-state index in [1.165, 1.54) is 5.69 Å². The van der Waals surface area contributed by atoms with Gasteiger partial charge in [0.15, 0.2) is 0 Å². The van der Waals surface area contributed by atoms with E-state index in [2.05, 4.69) is 15.0 Å². The number of amides is 1. The molecular weight excluding hydrogens is 397 g/mol. The number of aromatic amines is 1. The summed E-state index contributed by atoms with van der Waals surface area (Å²) >= 11 is 0. The number of rotatable bonds is 4. The van der Waals surface area contributed by atoms with Crippen LogP contribution in [0.1, 0.15) is 57.5 Å². The van der Waals surface area contributed by atoms with Crippen LogP contribution in [0, 0.1) is 6.92 Å². The number of H-pyrrole nitrogens is 1. The predicted octanol–water partition coefficient (Wildman–Crippen LogP) is 3.87. The van der Waals surface area contributed by atoms with Gasteiger partial charge in [0.25, 0.3) is 5.91 Å². The number of halogens is 3. The predicted molar refractivity (Wildman–Crippen MR) is 104 cm³/mol. The van der Waals surface area contributed by atoms with Gasteiger partial charge in [-0.25, -0.2) is 9.97 Å². The summed E-state index contributed by atoms with van der Waals surface area (Å²) < 4.78 is 44.5. The number of hydrogen-bond acceptors (Lipinski definition) is 4. The van der Waals surface area contributed by atoms with Crippen molar-refractivity contribution in [2.24, 2.45) is 5.73 Å². The van der Waals surface area contributed by atoms with Crippen LogP contribution in [0.3, 0.4) is 0 Å². The topological polar surface area (TPSA) is 93.9 Å². The molecule has 0 spiro atoms. The van der Waals surface area contributed by atoms with Crippen LogP contribution in [-0.4, -0.2) is 34.1 Å². The van der Waals surface area contributed by atoms with Gasteiger partial charge in [0, 0.05) is 48.3 Å². The molecule has 30 heavy (non-hydrogen) atoms. The Kier molecular flexibility index (Phi) is 5.23. The Bertz CT molecular complexity index is 1100. The van der Waals surface area contributed by atoms with Crippen molar-refractivity contribution in [2.45, 2.75) is 38.3 Å². The number of nitrogens with two attached hydrogens (primary N) is 1. The lowest BCUT2D eigenvalue weighted by atomic mass is 9.93. The fourth-order valence-corrected chi connectivity index (χ4v) is 3.99. The molecule has 0 radical (unpaired) electrons. The molecule has 3 N–H and O–H groups in total. The first-order chi connectivity index (χ1) is 14.2. The van der Waals surface area contributed by atoms with Crippen molar-refractivity contribution in [1.82, 2.24) is 15.0 Å². The van der Waals surface area contributed by atoms with Gasteiger partial charge in [-0.05, 0) is 43.0 Å². The van der Waals surface area contributed by atoms with Crippen molar-refractivity contribution >= 4 is 16.8 Å². The van der Waals surface area contributed by atoms with E-state index < -0.39 is 17.9 Å². The molecule has 0 saturated carbocycles. The lowest BCUT2D eigenvalue weighted by molar-refractivity contribution is -0.145. The largest absolute Gasteiger partial charge is 0.451 e. The Morgan fingerprint density at radius 3 is 2.70 bits per heavy atom. The van der Waals surface area contributed by atoms with Crippen molar-refractivity contribution in [3.63, 3.8) is 0 Å². The monoisotopic (exact) mass is 418 g/mol. The Labute approximate surface area is 170 Å². The molecule has 0 bridgehead atoms. The van der Waals surface area contributed by atoms with E-state index in [4.69, 9.17) is 10.5 Å². The highest BCUT2D eigenvalue weighted by Gasteiger charge is 2.35. The molecule has 3 aromatic rings. The van der Waals surface area contributed by atoms with Gasteiger partial charge in [0.1, 0.15) is 0 Å². The molecule has 1 amide bonds. The zero-order chi connectivity index (χ0) is 21.5. The number of fused-ring (bicyclic) bond motifs is 1. The van der Waals surface area contributed by atoms with E-state index in [-0.39, 0.29) is 17.7 Å². The molecule has 1 fully saturated rings. The number of hydrogen-bond donors (Lipinski definition) is 2. The average Bonchev–Trinajstić information content (AvgIpc) is 3.04. The molecular formula is C21H21F3N4O2. The molecule has 4 rings (SSSR count). The number of nitrogens with one attached hydrogen (secondary N) is 1. The molecule has 1 saturated heterocycles. The number of carbonyl (C=O) groups is 1. The van der Waals surface area contributed by atoms with E-state index in [9.17, 15) is 18.0 Å². The number of nitrogens with zero attached hydrogens (tertiary/aromatic N) is 2. The van der Waals surface area contributed by atoms with Gasteiger partial charge >= 0.3 is 6.18 Å². The quantitative estimate of drug-likeness (QED) is 0.673. The lowest BCUT2D eigenvalue weighted by Crippen LogP contribution is -2.20. The zero-order valence-corrected chi connectivity index (χ0v) is 16.3. The second-order valence-corrected chi connectivity index (χ2v) is 7.52. The van der Waals surface area contributed by atoms with Gasteiger partial charge in [-0.3, -0.25) is 4.79 Å². The summed E-state index contributed by atoms with van der Waals surface area (Å²) in [5.41, 5.74) is 9.15. The highest BCUT2D eigenvalue weighted by molar-refractivity contribution is 5.93. The third-order valence-electron chi connectivity index (χ3n) is 5.55. The minimum Gasteiger partial charge on any atom is -0.381 e. The van der Waals surface area contributed by atoms with Gasteiger partial charge in [-0.15, -0.1) is 0 Å². The van der Waals surface area contributed by atoms with E-state index in [0.29, 0.717) is 5.92 Å². The second-order valence-electron chi connectivity index (χ2n) is 7.52. The van der Waals surface area contributed by atoms with Crippen LogP contribution in [0.5, 0.6) is 0 Å². The van der Waals surface area contributed by atoms with Gasteiger partial charge < -0.3 is 15.5 Å². The number of aryl methyl sites for hydroxylation is 1. The van der Waals surface area contributed by atoms with Gasteiger partial charge in [-0.1, -0.05) is 6.07 Å². The Hall–Kier alpha value is -2.94. The zero-order valence-electron chi connectivity index (χ0n) is 16.3. The maximum Gasteiger partial charge on any atom is 0.451 e. The number of alkyl halides is 3. The minimum atomic E-state index is -4.70. The van der Waals surface area contributed by atoms with Gasteiger partial charge in [0.05, 0.1) is 11.3 Å². The summed E-state index contributed by atoms with van der Waals surface area (Å²) in [5, 5.41) is 1.000. The SMILES string of the molecule is Cc1c(C2CCOCC2)[nH]c2ccc(Cc3nc(C(F)(F)F)ncc3C(N)=O)cc12. The summed E-state index contributed by atoms with van der Waals surface area (Å²) in [6, 6.07) is 5.63. The third-order valence-corrected chi connectivity index (χ3v) is 5.55. The molecule has 0 aliphatic carbocycles. The number of benzene rings is 1. The molecule has 1 aliphatic rings. The highest BCUT2D eigenvalue weighted by atomic mass is 19.4. The lowest BCUT2D eigenvalue weighted by Gasteiger charge is -2.21. The van der Waals surface area contributed by atoms with Crippen LogP contribution in [-0.2, 0) is 17.3 Å². The van der Waals surface area contributed by atoms with Gasteiger partial charge in [-0.2, -0.15) is 13.2 Å². The smallest absolute Gasteiger partial charge is 0.381 e. The van der Waals surface area contributed by atoms with E-state index >= 15 is 0 Å².